The first kappa shape index (κ1) is 15.5. The lowest BCUT2D eigenvalue weighted by Crippen LogP contribution is -2.11. The van der Waals surface area contributed by atoms with Gasteiger partial charge in [-0.3, -0.25) is 20.0 Å². The summed E-state index contributed by atoms with van der Waals surface area (Å²) in [5.41, 5.74) is 5.08. The Kier molecular flexibility index (Phi) is 4.28. The molecule has 1 aliphatic carbocycles. The molecule has 1 fully saturated rings. The molecule has 0 atom stereocenters. The van der Waals surface area contributed by atoms with E-state index in [0.29, 0.717) is 16.0 Å². The lowest BCUT2D eigenvalue weighted by Gasteiger charge is -2.03. The van der Waals surface area contributed by atoms with Gasteiger partial charge in [0.1, 0.15) is 5.82 Å². The molecule has 1 aromatic carbocycles. The summed E-state index contributed by atoms with van der Waals surface area (Å²) in [7, 11) is 0. The Labute approximate surface area is 136 Å². The number of aromatic amines is 1. The minimum Gasteiger partial charge on any atom is -0.366 e. The molecule has 1 aliphatic rings. The first-order chi connectivity index (χ1) is 11.0. The zero-order valence-corrected chi connectivity index (χ0v) is 13.0. The van der Waals surface area contributed by atoms with E-state index in [-0.39, 0.29) is 11.3 Å². The fraction of sp³-hybridized carbons (Fsp3) is 0.357. The predicted octanol–water partition coefficient (Wildman–Crippen LogP) is 2.62. The topological polar surface area (TPSA) is 128 Å². The summed E-state index contributed by atoms with van der Waals surface area (Å²) in [4.78, 5) is 26.6. The maximum absolute atomic E-state index is 11.2. The van der Waals surface area contributed by atoms with E-state index in [1.807, 2.05) is 0 Å². The SMILES string of the molecule is NC(=O)c1ccc(Sc2n[nH]c(C3CCCC3)n2)c([N+](=O)[O-])c1. The van der Waals surface area contributed by atoms with Gasteiger partial charge in [-0.25, -0.2) is 4.98 Å². The highest BCUT2D eigenvalue weighted by atomic mass is 32.2. The molecule has 1 saturated carbocycles. The van der Waals surface area contributed by atoms with E-state index in [4.69, 9.17) is 5.73 Å². The van der Waals surface area contributed by atoms with E-state index in [1.54, 1.807) is 0 Å². The third kappa shape index (κ3) is 3.34. The maximum atomic E-state index is 11.2. The van der Waals surface area contributed by atoms with Gasteiger partial charge in [0.2, 0.25) is 11.1 Å². The van der Waals surface area contributed by atoms with Gasteiger partial charge in [-0.1, -0.05) is 12.8 Å². The Morgan fingerprint density at radius 3 is 2.78 bits per heavy atom. The number of nitrogens with two attached hydrogens (primary N) is 1. The average Bonchev–Trinajstić information content (AvgIpc) is 3.17. The lowest BCUT2D eigenvalue weighted by atomic mass is 10.1. The predicted molar refractivity (Wildman–Crippen MR) is 83.3 cm³/mol. The molecule has 1 heterocycles. The Hall–Kier alpha value is -2.42. The van der Waals surface area contributed by atoms with E-state index in [1.165, 1.54) is 31.0 Å². The van der Waals surface area contributed by atoms with Crippen molar-refractivity contribution in [3.8, 4) is 0 Å². The van der Waals surface area contributed by atoms with Crippen molar-refractivity contribution in [2.24, 2.45) is 5.73 Å². The van der Waals surface area contributed by atoms with Crippen LogP contribution in [0.25, 0.3) is 0 Å². The van der Waals surface area contributed by atoms with Crippen molar-refractivity contribution in [3.63, 3.8) is 0 Å². The van der Waals surface area contributed by atoms with Crippen LogP contribution in [0.4, 0.5) is 5.69 Å². The molecular formula is C14H15N5O3S. The third-order valence-corrected chi connectivity index (χ3v) is 4.80. The number of H-pyrrole nitrogens is 1. The zero-order chi connectivity index (χ0) is 16.4. The van der Waals surface area contributed by atoms with E-state index in [9.17, 15) is 14.9 Å². The van der Waals surface area contributed by atoms with Crippen LogP contribution in [-0.2, 0) is 0 Å². The standard InChI is InChI=1S/C14H15N5O3S/c15-12(20)9-5-6-11(10(7-9)19(21)22)23-14-16-13(17-18-14)8-3-1-2-4-8/h5-8H,1-4H2,(H2,15,20)(H,16,17,18). The molecule has 0 aliphatic heterocycles. The molecule has 0 unspecified atom stereocenters. The molecule has 0 bridgehead atoms. The Balaban J connectivity index is 1.84. The van der Waals surface area contributed by atoms with Crippen molar-refractivity contribution < 1.29 is 9.72 Å². The molecule has 0 spiro atoms. The third-order valence-electron chi connectivity index (χ3n) is 3.87. The molecule has 120 valence electrons. The molecule has 23 heavy (non-hydrogen) atoms. The molecule has 1 amide bonds. The smallest absolute Gasteiger partial charge is 0.284 e. The van der Waals surface area contributed by atoms with Crippen LogP contribution < -0.4 is 5.73 Å². The number of benzene rings is 1. The monoisotopic (exact) mass is 333 g/mol. The van der Waals surface area contributed by atoms with Gasteiger partial charge in [-0.05, 0) is 36.7 Å². The molecule has 3 rings (SSSR count). The highest BCUT2D eigenvalue weighted by Crippen LogP contribution is 2.36. The second-order valence-corrected chi connectivity index (χ2v) is 6.40. The summed E-state index contributed by atoms with van der Waals surface area (Å²) in [6.45, 7) is 0. The van der Waals surface area contributed by atoms with Gasteiger partial charge in [0.05, 0.1) is 9.82 Å². The van der Waals surface area contributed by atoms with E-state index >= 15 is 0 Å². The summed E-state index contributed by atoms with van der Waals surface area (Å²) in [6, 6.07) is 4.13. The summed E-state index contributed by atoms with van der Waals surface area (Å²) >= 11 is 1.10. The number of nitro groups is 1. The lowest BCUT2D eigenvalue weighted by molar-refractivity contribution is -0.387. The molecule has 3 N–H and O–H groups in total. The first-order valence-corrected chi connectivity index (χ1v) is 8.04. The van der Waals surface area contributed by atoms with Gasteiger partial charge >= 0.3 is 0 Å². The van der Waals surface area contributed by atoms with Gasteiger partial charge in [0, 0.05) is 17.5 Å². The molecule has 2 aromatic rings. The molecule has 1 aromatic heterocycles. The maximum Gasteiger partial charge on any atom is 0.284 e. The van der Waals surface area contributed by atoms with Gasteiger partial charge in [-0.15, -0.1) is 5.10 Å². The molecule has 0 radical (unpaired) electrons. The Morgan fingerprint density at radius 2 is 2.13 bits per heavy atom. The second kappa shape index (κ2) is 6.37. The fourth-order valence-corrected chi connectivity index (χ4v) is 3.49. The van der Waals surface area contributed by atoms with Gasteiger partial charge in [-0.2, -0.15) is 0 Å². The quantitative estimate of drug-likeness (QED) is 0.639. The van der Waals surface area contributed by atoms with E-state index in [2.05, 4.69) is 15.2 Å². The molecular weight excluding hydrogens is 318 g/mol. The van der Waals surface area contributed by atoms with Gasteiger partial charge in [0.15, 0.2) is 0 Å². The molecule has 0 saturated heterocycles. The summed E-state index contributed by atoms with van der Waals surface area (Å²) in [6.07, 6.45) is 4.56. The minimum absolute atomic E-state index is 0.0997. The van der Waals surface area contributed by atoms with E-state index < -0.39 is 10.8 Å². The van der Waals surface area contributed by atoms with Crippen LogP contribution in [0.15, 0.2) is 28.3 Å². The van der Waals surface area contributed by atoms with Crippen LogP contribution in [-0.4, -0.2) is 26.0 Å². The number of hydrogen-bond acceptors (Lipinski definition) is 6. The number of nitrogens with zero attached hydrogens (tertiary/aromatic N) is 3. The minimum atomic E-state index is -0.703. The van der Waals surface area contributed by atoms with Crippen molar-refractivity contribution in [3.05, 3.63) is 39.7 Å². The normalized spacial score (nSPS) is 15.0. The van der Waals surface area contributed by atoms with Crippen LogP contribution in [0, 0.1) is 10.1 Å². The average molecular weight is 333 g/mol. The van der Waals surface area contributed by atoms with Gasteiger partial charge in [0.25, 0.3) is 5.69 Å². The van der Waals surface area contributed by atoms with Crippen molar-refractivity contribution in [1.82, 2.24) is 15.2 Å². The largest absolute Gasteiger partial charge is 0.366 e. The number of nitrogens with one attached hydrogen (secondary N) is 1. The van der Waals surface area contributed by atoms with Crippen LogP contribution in [0.5, 0.6) is 0 Å². The molecule has 9 heteroatoms. The number of amides is 1. The van der Waals surface area contributed by atoms with Crippen molar-refractivity contribution in [2.75, 3.05) is 0 Å². The number of aromatic nitrogens is 3. The highest BCUT2D eigenvalue weighted by molar-refractivity contribution is 7.99. The van der Waals surface area contributed by atoms with Crippen LogP contribution in [0.3, 0.4) is 0 Å². The number of hydrogen-bond donors (Lipinski definition) is 2. The number of carbonyl (C=O) groups is 1. The van der Waals surface area contributed by atoms with Crippen molar-refractivity contribution in [2.45, 2.75) is 41.7 Å². The van der Waals surface area contributed by atoms with Crippen LogP contribution >= 0.6 is 11.8 Å². The van der Waals surface area contributed by atoms with Crippen LogP contribution in [0.2, 0.25) is 0 Å². The number of primary amides is 1. The summed E-state index contributed by atoms with van der Waals surface area (Å²) < 4.78 is 0. The van der Waals surface area contributed by atoms with Crippen molar-refractivity contribution >= 4 is 23.4 Å². The molecule has 8 nitrogen and oxygen atoms in total. The zero-order valence-electron chi connectivity index (χ0n) is 12.2. The van der Waals surface area contributed by atoms with Gasteiger partial charge < -0.3 is 5.73 Å². The van der Waals surface area contributed by atoms with Crippen molar-refractivity contribution in [1.29, 1.82) is 0 Å². The summed E-state index contributed by atoms with van der Waals surface area (Å²) in [5, 5.41) is 18.7. The highest BCUT2D eigenvalue weighted by Gasteiger charge is 2.23. The van der Waals surface area contributed by atoms with Crippen LogP contribution in [0.1, 0.15) is 47.8 Å². The number of rotatable bonds is 5. The Bertz CT molecular complexity index is 755. The second-order valence-electron chi connectivity index (χ2n) is 5.39. The van der Waals surface area contributed by atoms with E-state index in [0.717, 1.165) is 30.4 Å². The number of nitro benzene ring substituents is 1. The fourth-order valence-electron chi connectivity index (χ4n) is 2.68. The first-order valence-electron chi connectivity index (χ1n) is 7.23. The number of carbonyl (C=O) groups excluding carboxylic acids is 1. The summed E-state index contributed by atoms with van der Waals surface area (Å²) in [5.74, 6) is 0.525. The Morgan fingerprint density at radius 1 is 1.39 bits per heavy atom.